The number of benzene rings is 3. The van der Waals surface area contributed by atoms with Gasteiger partial charge in [0, 0.05) is 18.9 Å². The molecule has 0 saturated heterocycles. The topological polar surface area (TPSA) is 56.1 Å². The monoisotopic (exact) mass is 397 g/mol. The lowest BCUT2D eigenvalue weighted by Gasteiger charge is -2.15. The van der Waals surface area contributed by atoms with Crippen LogP contribution in [0.25, 0.3) is 16.8 Å². The molecule has 1 N–H and O–H groups in total. The van der Waals surface area contributed by atoms with Crippen molar-refractivity contribution in [2.75, 3.05) is 0 Å². The highest BCUT2D eigenvalue weighted by Gasteiger charge is 2.14. The zero-order valence-corrected chi connectivity index (χ0v) is 16.7. The SMILES string of the molecule is CC(Oc1ccc(-c2ccccc2)cc1)C(=O)NCc1ccc(-n2cccn2)cc1. The van der Waals surface area contributed by atoms with E-state index in [0.29, 0.717) is 12.3 Å². The third-order valence-electron chi connectivity index (χ3n) is 4.82. The van der Waals surface area contributed by atoms with Gasteiger partial charge in [0.15, 0.2) is 6.10 Å². The van der Waals surface area contributed by atoms with Gasteiger partial charge in [-0.25, -0.2) is 4.68 Å². The van der Waals surface area contributed by atoms with E-state index in [9.17, 15) is 4.79 Å². The molecule has 0 spiro atoms. The van der Waals surface area contributed by atoms with Gasteiger partial charge >= 0.3 is 0 Å². The molecule has 5 nitrogen and oxygen atoms in total. The van der Waals surface area contributed by atoms with Crippen LogP contribution in [0.2, 0.25) is 0 Å². The van der Waals surface area contributed by atoms with Crippen molar-refractivity contribution >= 4 is 5.91 Å². The minimum atomic E-state index is -0.587. The summed E-state index contributed by atoms with van der Waals surface area (Å²) in [5.41, 5.74) is 4.25. The maximum atomic E-state index is 12.4. The van der Waals surface area contributed by atoms with Crippen molar-refractivity contribution < 1.29 is 9.53 Å². The second kappa shape index (κ2) is 9.09. The normalized spacial score (nSPS) is 11.6. The summed E-state index contributed by atoms with van der Waals surface area (Å²) in [5.74, 6) is 0.513. The van der Waals surface area contributed by atoms with Crippen molar-refractivity contribution in [3.63, 3.8) is 0 Å². The number of carbonyl (C=O) groups is 1. The van der Waals surface area contributed by atoms with Crippen LogP contribution in [-0.4, -0.2) is 21.8 Å². The first-order chi connectivity index (χ1) is 14.7. The lowest BCUT2D eigenvalue weighted by Crippen LogP contribution is -2.35. The highest BCUT2D eigenvalue weighted by atomic mass is 16.5. The maximum Gasteiger partial charge on any atom is 0.261 e. The standard InChI is InChI=1S/C25H23N3O2/c1-19(30-24-14-10-22(11-15-24)21-6-3-2-4-7-21)25(29)26-18-20-8-12-23(13-9-20)28-17-5-16-27-28/h2-17,19H,18H2,1H3,(H,26,29). The van der Waals surface area contributed by atoms with Gasteiger partial charge in [-0.2, -0.15) is 5.10 Å². The van der Waals surface area contributed by atoms with Crippen LogP contribution in [0.4, 0.5) is 0 Å². The second-order valence-corrected chi connectivity index (χ2v) is 6.99. The predicted octanol–water partition coefficient (Wildman–Crippen LogP) is 4.62. The van der Waals surface area contributed by atoms with E-state index in [2.05, 4.69) is 22.5 Å². The van der Waals surface area contributed by atoms with Gasteiger partial charge in [0.1, 0.15) is 5.75 Å². The molecule has 4 aromatic rings. The van der Waals surface area contributed by atoms with Crippen LogP contribution < -0.4 is 10.1 Å². The number of amides is 1. The molecule has 30 heavy (non-hydrogen) atoms. The van der Waals surface area contributed by atoms with Gasteiger partial charge in [-0.1, -0.05) is 54.6 Å². The average Bonchev–Trinajstić information content (AvgIpc) is 3.34. The van der Waals surface area contributed by atoms with Gasteiger partial charge < -0.3 is 10.1 Å². The number of ether oxygens (including phenoxy) is 1. The van der Waals surface area contributed by atoms with Crippen LogP contribution in [0.1, 0.15) is 12.5 Å². The fraction of sp³-hybridized carbons (Fsp3) is 0.120. The summed E-state index contributed by atoms with van der Waals surface area (Å²) < 4.78 is 7.59. The molecule has 5 heteroatoms. The first kappa shape index (κ1) is 19.5. The van der Waals surface area contributed by atoms with Gasteiger partial charge in [-0.15, -0.1) is 0 Å². The fourth-order valence-corrected chi connectivity index (χ4v) is 3.14. The largest absolute Gasteiger partial charge is 0.481 e. The average molecular weight is 397 g/mol. The Morgan fingerprint density at radius 2 is 1.63 bits per heavy atom. The number of nitrogens with zero attached hydrogens (tertiary/aromatic N) is 2. The molecule has 0 radical (unpaired) electrons. The molecular weight excluding hydrogens is 374 g/mol. The first-order valence-electron chi connectivity index (χ1n) is 9.88. The molecule has 0 fully saturated rings. The maximum absolute atomic E-state index is 12.4. The molecule has 0 saturated carbocycles. The smallest absolute Gasteiger partial charge is 0.261 e. The van der Waals surface area contributed by atoms with Crippen molar-refractivity contribution in [2.45, 2.75) is 19.6 Å². The highest BCUT2D eigenvalue weighted by Crippen LogP contribution is 2.22. The Hall–Kier alpha value is -3.86. The van der Waals surface area contributed by atoms with Gasteiger partial charge in [-0.3, -0.25) is 4.79 Å². The molecule has 1 unspecified atom stereocenters. The van der Waals surface area contributed by atoms with Crippen LogP contribution in [-0.2, 0) is 11.3 Å². The highest BCUT2D eigenvalue weighted by molar-refractivity contribution is 5.80. The van der Waals surface area contributed by atoms with E-state index in [1.807, 2.05) is 79.0 Å². The summed E-state index contributed by atoms with van der Waals surface area (Å²) in [6, 6.07) is 27.7. The number of carbonyl (C=O) groups excluding carboxylic acids is 1. The molecule has 4 rings (SSSR count). The molecule has 0 aliphatic heterocycles. The minimum absolute atomic E-state index is 0.154. The molecule has 0 bridgehead atoms. The van der Waals surface area contributed by atoms with E-state index in [-0.39, 0.29) is 5.91 Å². The number of nitrogens with one attached hydrogen (secondary N) is 1. The van der Waals surface area contributed by atoms with Crippen molar-refractivity contribution in [3.05, 3.63) is 103 Å². The molecule has 3 aromatic carbocycles. The number of hydrogen-bond donors (Lipinski definition) is 1. The fourth-order valence-electron chi connectivity index (χ4n) is 3.14. The first-order valence-corrected chi connectivity index (χ1v) is 9.88. The van der Waals surface area contributed by atoms with E-state index in [4.69, 9.17) is 4.74 Å². The van der Waals surface area contributed by atoms with Crippen molar-refractivity contribution in [1.29, 1.82) is 0 Å². The summed E-state index contributed by atoms with van der Waals surface area (Å²) >= 11 is 0. The Bertz CT molecular complexity index is 1070. The van der Waals surface area contributed by atoms with Crippen molar-refractivity contribution in [2.24, 2.45) is 0 Å². The predicted molar refractivity (Wildman–Crippen MR) is 117 cm³/mol. The van der Waals surface area contributed by atoms with Crippen LogP contribution in [0.3, 0.4) is 0 Å². The van der Waals surface area contributed by atoms with E-state index in [0.717, 1.165) is 22.4 Å². The summed E-state index contributed by atoms with van der Waals surface area (Å²) in [6.07, 6.45) is 3.04. The Morgan fingerprint density at radius 1 is 0.933 bits per heavy atom. The molecule has 150 valence electrons. The van der Waals surface area contributed by atoms with E-state index in [1.54, 1.807) is 17.8 Å². The van der Waals surface area contributed by atoms with E-state index >= 15 is 0 Å². The van der Waals surface area contributed by atoms with Gasteiger partial charge in [0.2, 0.25) is 0 Å². The molecule has 0 aliphatic rings. The molecule has 0 aliphatic carbocycles. The summed E-state index contributed by atoms with van der Waals surface area (Å²) in [6.45, 7) is 2.19. The van der Waals surface area contributed by atoms with E-state index < -0.39 is 6.10 Å². The molecule has 1 amide bonds. The zero-order chi connectivity index (χ0) is 20.8. The lowest BCUT2D eigenvalue weighted by atomic mass is 10.1. The minimum Gasteiger partial charge on any atom is -0.481 e. The van der Waals surface area contributed by atoms with Crippen LogP contribution in [0, 0.1) is 0 Å². The quantitative estimate of drug-likeness (QED) is 0.495. The number of rotatable bonds is 7. The van der Waals surface area contributed by atoms with Gasteiger partial charge in [0.05, 0.1) is 5.69 Å². The van der Waals surface area contributed by atoms with Crippen LogP contribution in [0.5, 0.6) is 5.75 Å². The number of aromatic nitrogens is 2. The third kappa shape index (κ3) is 4.75. The van der Waals surface area contributed by atoms with Crippen molar-refractivity contribution in [3.8, 4) is 22.6 Å². The van der Waals surface area contributed by atoms with Gasteiger partial charge in [-0.05, 0) is 53.9 Å². The molecule has 1 aromatic heterocycles. The lowest BCUT2D eigenvalue weighted by molar-refractivity contribution is -0.127. The second-order valence-electron chi connectivity index (χ2n) is 6.99. The summed E-state index contributed by atoms with van der Waals surface area (Å²) in [4.78, 5) is 12.4. The van der Waals surface area contributed by atoms with Gasteiger partial charge in [0.25, 0.3) is 5.91 Å². The summed E-state index contributed by atoms with van der Waals surface area (Å²) in [7, 11) is 0. The molecule has 1 atom stereocenters. The Labute approximate surface area is 175 Å². The number of hydrogen-bond acceptors (Lipinski definition) is 3. The van der Waals surface area contributed by atoms with Crippen LogP contribution in [0.15, 0.2) is 97.3 Å². The van der Waals surface area contributed by atoms with E-state index in [1.165, 1.54) is 0 Å². The zero-order valence-electron chi connectivity index (χ0n) is 16.7. The van der Waals surface area contributed by atoms with Crippen LogP contribution >= 0.6 is 0 Å². The Balaban J connectivity index is 1.29. The Kier molecular flexibility index (Phi) is 5.90. The Morgan fingerprint density at radius 3 is 2.30 bits per heavy atom. The third-order valence-corrected chi connectivity index (χ3v) is 4.82. The summed E-state index contributed by atoms with van der Waals surface area (Å²) in [5, 5.41) is 7.13. The molecule has 1 heterocycles. The molecular formula is C25H23N3O2. The van der Waals surface area contributed by atoms with Crippen molar-refractivity contribution in [1.82, 2.24) is 15.1 Å².